The van der Waals surface area contributed by atoms with Gasteiger partial charge in [0.2, 0.25) is 6.79 Å². The highest BCUT2D eigenvalue weighted by molar-refractivity contribution is 6.51. The zero-order valence-corrected chi connectivity index (χ0v) is 22.4. The second kappa shape index (κ2) is 10.4. The number of nitrogens with zero attached hydrogens (tertiary/aromatic N) is 1. The van der Waals surface area contributed by atoms with Crippen LogP contribution in [0.3, 0.4) is 0 Å². The molecule has 1 amide bonds. The number of amides is 1. The summed E-state index contributed by atoms with van der Waals surface area (Å²) in [6.45, 7) is 3.88. The first-order valence-electron chi connectivity index (χ1n) is 12.1. The van der Waals surface area contributed by atoms with Gasteiger partial charge >= 0.3 is 0 Å². The molecule has 1 fully saturated rings. The Labute approximate surface area is 230 Å². The highest BCUT2D eigenvalue weighted by Crippen LogP contribution is 2.46. The van der Waals surface area contributed by atoms with Crippen LogP contribution in [0.15, 0.2) is 60.2 Å². The quantitative estimate of drug-likeness (QED) is 0.233. The lowest BCUT2D eigenvalue weighted by Gasteiger charge is -2.26. The number of aliphatic hydroxyl groups is 1. The molecule has 1 N–H and O–H groups in total. The molecule has 5 rings (SSSR count). The molecule has 0 aliphatic carbocycles. The third kappa shape index (κ3) is 4.70. The zero-order chi connectivity index (χ0) is 27.8. The number of carbonyl (C=O) groups is 2. The number of ether oxygens (including phenoxy) is 5. The Morgan fingerprint density at radius 1 is 0.974 bits per heavy atom. The van der Waals surface area contributed by atoms with Crippen LogP contribution < -0.4 is 28.6 Å². The summed E-state index contributed by atoms with van der Waals surface area (Å²) in [6.07, 6.45) is -0.0394. The summed E-state index contributed by atoms with van der Waals surface area (Å²) in [6, 6.07) is 13.9. The Kier molecular flexibility index (Phi) is 7.01. The number of carbonyl (C=O) groups excluding carboxylic acids is 2. The maximum absolute atomic E-state index is 13.6. The number of hydrogen-bond acceptors (Lipinski definition) is 8. The molecule has 39 heavy (non-hydrogen) atoms. The molecule has 1 atom stereocenters. The van der Waals surface area contributed by atoms with Crippen molar-refractivity contribution in [3.8, 4) is 28.7 Å². The molecule has 202 valence electrons. The van der Waals surface area contributed by atoms with E-state index in [1.807, 2.05) is 13.8 Å². The second-order valence-electron chi connectivity index (χ2n) is 9.13. The Bertz CT molecular complexity index is 1480. The molecule has 1 unspecified atom stereocenters. The van der Waals surface area contributed by atoms with Crippen molar-refractivity contribution in [1.29, 1.82) is 0 Å². The first-order chi connectivity index (χ1) is 18.7. The lowest BCUT2D eigenvalue weighted by Crippen LogP contribution is -2.29. The van der Waals surface area contributed by atoms with Gasteiger partial charge in [-0.1, -0.05) is 23.7 Å². The van der Waals surface area contributed by atoms with Crippen molar-refractivity contribution in [2.45, 2.75) is 26.0 Å². The Hall–Kier alpha value is -4.37. The summed E-state index contributed by atoms with van der Waals surface area (Å²) < 4.78 is 27.4. The van der Waals surface area contributed by atoms with Crippen LogP contribution in [0.2, 0.25) is 5.02 Å². The normalized spacial score (nSPS) is 17.6. The van der Waals surface area contributed by atoms with Crippen LogP contribution in [0.1, 0.15) is 31.0 Å². The maximum atomic E-state index is 13.6. The average Bonchev–Trinajstić information content (AvgIpc) is 3.50. The van der Waals surface area contributed by atoms with E-state index in [2.05, 4.69) is 0 Å². The van der Waals surface area contributed by atoms with Gasteiger partial charge in [-0.25, -0.2) is 0 Å². The minimum absolute atomic E-state index is 0.0394. The number of fused-ring (bicyclic) bond motifs is 1. The minimum atomic E-state index is -0.982. The van der Waals surface area contributed by atoms with Gasteiger partial charge in [0.15, 0.2) is 11.5 Å². The molecule has 3 aromatic carbocycles. The molecule has 0 saturated carbocycles. The van der Waals surface area contributed by atoms with Crippen molar-refractivity contribution in [2.75, 3.05) is 25.9 Å². The summed E-state index contributed by atoms with van der Waals surface area (Å²) in [5, 5.41) is 11.8. The van der Waals surface area contributed by atoms with E-state index in [0.717, 1.165) is 0 Å². The molecule has 2 heterocycles. The van der Waals surface area contributed by atoms with Gasteiger partial charge in [0, 0.05) is 17.8 Å². The van der Waals surface area contributed by atoms with E-state index in [4.69, 9.17) is 35.3 Å². The van der Waals surface area contributed by atoms with Crippen molar-refractivity contribution in [3.63, 3.8) is 0 Å². The minimum Gasteiger partial charge on any atom is -0.507 e. The molecule has 3 aromatic rings. The first kappa shape index (κ1) is 26.2. The topological polar surface area (TPSA) is 104 Å². The number of methoxy groups -OCH3 is 2. The third-order valence-corrected chi connectivity index (χ3v) is 6.67. The van der Waals surface area contributed by atoms with Gasteiger partial charge in [-0.2, -0.15) is 0 Å². The summed E-state index contributed by atoms with van der Waals surface area (Å²) in [5.74, 6) is -0.0639. The molecule has 0 aromatic heterocycles. The molecule has 0 bridgehead atoms. The van der Waals surface area contributed by atoms with Crippen LogP contribution in [0.25, 0.3) is 5.76 Å². The van der Waals surface area contributed by atoms with Crippen LogP contribution >= 0.6 is 11.6 Å². The molecule has 2 aliphatic rings. The molecular formula is C29H26ClNO8. The fraction of sp³-hybridized carbons (Fsp3) is 0.241. The molecule has 0 spiro atoms. The third-order valence-electron chi connectivity index (χ3n) is 6.38. The number of ketones is 1. The summed E-state index contributed by atoms with van der Waals surface area (Å²) in [5.41, 5.74) is 0.989. The van der Waals surface area contributed by atoms with E-state index in [1.54, 1.807) is 42.5 Å². The van der Waals surface area contributed by atoms with Crippen LogP contribution in [-0.4, -0.2) is 43.9 Å². The first-order valence-corrected chi connectivity index (χ1v) is 12.5. The van der Waals surface area contributed by atoms with Gasteiger partial charge in [0.25, 0.3) is 11.7 Å². The smallest absolute Gasteiger partial charge is 0.300 e. The number of anilines is 1. The Morgan fingerprint density at radius 2 is 1.67 bits per heavy atom. The molecular weight excluding hydrogens is 526 g/mol. The predicted molar refractivity (Wildman–Crippen MR) is 144 cm³/mol. The van der Waals surface area contributed by atoms with Crippen LogP contribution in [0.5, 0.6) is 28.7 Å². The van der Waals surface area contributed by atoms with Crippen LogP contribution in [-0.2, 0) is 9.59 Å². The van der Waals surface area contributed by atoms with E-state index in [-0.39, 0.29) is 40.6 Å². The average molecular weight is 552 g/mol. The number of Topliss-reactive ketones (excluding diaryl/α,β-unsaturated/α-hetero) is 1. The van der Waals surface area contributed by atoms with Crippen LogP contribution in [0.4, 0.5) is 5.69 Å². The number of benzene rings is 3. The number of hydrogen-bond donors (Lipinski definition) is 1. The maximum Gasteiger partial charge on any atom is 0.300 e. The summed E-state index contributed by atoms with van der Waals surface area (Å²) in [7, 11) is 2.84. The highest BCUT2D eigenvalue weighted by Gasteiger charge is 2.47. The van der Waals surface area contributed by atoms with E-state index in [9.17, 15) is 14.7 Å². The second-order valence-corrected chi connectivity index (χ2v) is 9.54. The molecule has 10 heteroatoms. The number of aliphatic hydroxyl groups excluding tert-OH is 1. The van der Waals surface area contributed by atoms with Gasteiger partial charge < -0.3 is 28.8 Å². The monoisotopic (exact) mass is 551 g/mol. The standard InChI is InChI=1S/C29H26ClNO8/c1-15(2)39-18-8-5-16(6-9-18)26-25(27(32)19-12-23(36-4)20(30)13-22(19)35-3)28(33)29(34)31(26)17-7-10-21-24(11-17)38-14-37-21/h5-13,15,26,32H,14H2,1-4H3/b27-25+. The van der Waals surface area contributed by atoms with Crippen molar-refractivity contribution in [2.24, 2.45) is 0 Å². The Balaban J connectivity index is 1.71. The van der Waals surface area contributed by atoms with Gasteiger partial charge in [0.05, 0.1) is 42.5 Å². The highest BCUT2D eigenvalue weighted by atomic mass is 35.5. The number of halogens is 1. The largest absolute Gasteiger partial charge is 0.507 e. The van der Waals surface area contributed by atoms with E-state index >= 15 is 0 Å². The van der Waals surface area contributed by atoms with Crippen molar-refractivity contribution in [1.82, 2.24) is 0 Å². The van der Waals surface area contributed by atoms with Gasteiger partial charge in [0.1, 0.15) is 23.0 Å². The molecule has 9 nitrogen and oxygen atoms in total. The Morgan fingerprint density at radius 3 is 2.33 bits per heavy atom. The predicted octanol–water partition coefficient (Wildman–Crippen LogP) is 5.50. The van der Waals surface area contributed by atoms with Crippen molar-refractivity contribution >= 4 is 34.7 Å². The van der Waals surface area contributed by atoms with Crippen molar-refractivity contribution < 1.29 is 38.4 Å². The lowest BCUT2D eigenvalue weighted by atomic mass is 9.94. The fourth-order valence-electron chi connectivity index (χ4n) is 4.64. The van der Waals surface area contributed by atoms with Crippen molar-refractivity contribution in [3.05, 3.63) is 76.3 Å². The SMILES string of the molecule is COc1cc(/C(O)=C2\C(=O)C(=O)N(c3ccc4c(c3)OCO4)C2c2ccc(OC(C)C)cc2)c(OC)cc1Cl. The zero-order valence-electron chi connectivity index (χ0n) is 21.7. The van der Waals surface area contributed by atoms with E-state index < -0.39 is 23.5 Å². The van der Waals surface area contributed by atoms with Crippen LogP contribution in [0, 0.1) is 0 Å². The number of rotatable bonds is 7. The van der Waals surface area contributed by atoms with Gasteiger partial charge in [-0.15, -0.1) is 0 Å². The van der Waals surface area contributed by atoms with E-state index in [0.29, 0.717) is 28.5 Å². The summed E-state index contributed by atoms with van der Waals surface area (Å²) >= 11 is 6.26. The summed E-state index contributed by atoms with van der Waals surface area (Å²) in [4.78, 5) is 28.4. The molecule has 1 saturated heterocycles. The molecule has 0 radical (unpaired) electrons. The fourth-order valence-corrected chi connectivity index (χ4v) is 4.87. The van der Waals surface area contributed by atoms with Gasteiger partial charge in [-0.05, 0) is 49.7 Å². The molecule has 2 aliphatic heterocycles. The van der Waals surface area contributed by atoms with Gasteiger partial charge in [-0.3, -0.25) is 14.5 Å². The van der Waals surface area contributed by atoms with E-state index in [1.165, 1.54) is 31.3 Å². The lowest BCUT2D eigenvalue weighted by molar-refractivity contribution is -0.132.